The number of ether oxygens (including phenoxy) is 1. The minimum absolute atomic E-state index is 0.0193. The number of hydrogen-bond donors (Lipinski definition) is 3. The summed E-state index contributed by atoms with van der Waals surface area (Å²) in [5.74, 6) is 0.0539. The largest absolute Gasteiger partial charge is 0.418 e. The molecular formula is C19H17ClN8O3. The predicted octanol–water partition coefficient (Wildman–Crippen LogP) is 2.91. The van der Waals surface area contributed by atoms with E-state index in [1.165, 1.54) is 25.6 Å². The summed E-state index contributed by atoms with van der Waals surface area (Å²) in [6.07, 6.45) is 8.52. The molecule has 1 fully saturated rings. The molecule has 3 heterocycles. The second kappa shape index (κ2) is 8.88. The van der Waals surface area contributed by atoms with Gasteiger partial charge in [-0.3, -0.25) is 10.1 Å². The summed E-state index contributed by atoms with van der Waals surface area (Å²) < 4.78 is 5.42. The number of aromatic nitrogens is 5. The van der Waals surface area contributed by atoms with Gasteiger partial charge in [-0.2, -0.15) is 0 Å². The highest BCUT2D eigenvalue weighted by Crippen LogP contribution is 2.40. The molecule has 3 aromatic rings. The molecule has 3 N–H and O–H groups in total. The van der Waals surface area contributed by atoms with Crippen LogP contribution in [0.15, 0.2) is 37.2 Å². The molecule has 11 nitrogen and oxygen atoms in total. The SMILES string of the molecule is CNC(=O)c1cc(Cl)ncc1NC(=O)Oc1nc(C2CC2)cnc1Nc1cncnc1. The summed E-state index contributed by atoms with van der Waals surface area (Å²) in [7, 11) is 1.46. The number of anilines is 3. The van der Waals surface area contributed by atoms with E-state index in [1.54, 1.807) is 18.6 Å². The second-order valence-electron chi connectivity index (χ2n) is 6.62. The van der Waals surface area contributed by atoms with Crippen LogP contribution in [-0.4, -0.2) is 44.0 Å². The van der Waals surface area contributed by atoms with Crippen molar-refractivity contribution in [1.82, 2.24) is 30.2 Å². The molecule has 4 rings (SSSR count). The van der Waals surface area contributed by atoms with Gasteiger partial charge in [0.1, 0.15) is 11.5 Å². The second-order valence-corrected chi connectivity index (χ2v) is 7.01. The fraction of sp³-hybridized carbons (Fsp3) is 0.211. The lowest BCUT2D eigenvalue weighted by Gasteiger charge is -2.13. The quantitative estimate of drug-likeness (QED) is 0.492. The van der Waals surface area contributed by atoms with E-state index in [9.17, 15) is 9.59 Å². The van der Waals surface area contributed by atoms with Gasteiger partial charge in [-0.25, -0.2) is 29.7 Å². The van der Waals surface area contributed by atoms with Gasteiger partial charge < -0.3 is 15.4 Å². The van der Waals surface area contributed by atoms with E-state index in [2.05, 4.69) is 40.9 Å². The van der Waals surface area contributed by atoms with Crippen LogP contribution in [-0.2, 0) is 0 Å². The zero-order valence-electron chi connectivity index (χ0n) is 16.3. The van der Waals surface area contributed by atoms with E-state index in [1.807, 2.05) is 0 Å². The van der Waals surface area contributed by atoms with E-state index < -0.39 is 12.0 Å². The van der Waals surface area contributed by atoms with Crippen LogP contribution in [0.1, 0.15) is 34.8 Å². The van der Waals surface area contributed by atoms with Crippen LogP contribution in [0, 0.1) is 0 Å². The standard InChI is InChI=1S/C19H17ClN8O3/c1-21-17(29)12-4-15(20)24-8-14(12)28-19(30)31-18-16(26-11-5-22-9-23-6-11)25-7-13(27-18)10-2-3-10/h4-10H,2-3H2,1H3,(H,21,29)(H,25,26)(H,28,30). The summed E-state index contributed by atoms with van der Waals surface area (Å²) in [4.78, 5) is 45.2. The molecule has 0 bridgehead atoms. The summed E-state index contributed by atoms with van der Waals surface area (Å²) >= 11 is 5.86. The van der Waals surface area contributed by atoms with Gasteiger partial charge in [-0.1, -0.05) is 11.6 Å². The van der Waals surface area contributed by atoms with Gasteiger partial charge in [0.15, 0.2) is 5.82 Å². The van der Waals surface area contributed by atoms with Gasteiger partial charge in [0.2, 0.25) is 0 Å². The maximum Gasteiger partial charge on any atom is 0.418 e. The van der Waals surface area contributed by atoms with Gasteiger partial charge in [-0.15, -0.1) is 0 Å². The Balaban J connectivity index is 1.57. The normalized spacial score (nSPS) is 12.7. The smallest absolute Gasteiger partial charge is 0.387 e. The number of halogens is 1. The van der Waals surface area contributed by atoms with Gasteiger partial charge in [0.25, 0.3) is 11.8 Å². The Bertz CT molecular complexity index is 1120. The number of hydrogen-bond acceptors (Lipinski definition) is 9. The van der Waals surface area contributed by atoms with Crippen molar-refractivity contribution < 1.29 is 14.3 Å². The topological polar surface area (TPSA) is 144 Å². The number of rotatable bonds is 6. The molecule has 12 heteroatoms. The Morgan fingerprint density at radius 1 is 1.13 bits per heavy atom. The first-order valence-corrected chi connectivity index (χ1v) is 9.66. The molecule has 0 aromatic carbocycles. The summed E-state index contributed by atoms with van der Waals surface area (Å²) in [6, 6.07) is 1.34. The molecular weight excluding hydrogens is 424 g/mol. The fourth-order valence-corrected chi connectivity index (χ4v) is 2.85. The van der Waals surface area contributed by atoms with E-state index in [0.29, 0.717) is 11.6 Å². The Labute approximate surface area is 181 Å². The van der Waals surface area contributed by atoms with Crippen LogP contribution in [0.2, 0.25) is 5.15 Å². The highest BCUT2D eigenvalue weighted by Gasteiger charge is 2.27. The molecule has 1 saturated carbocycles. The van der Waals surface area contributed by atoms with Crippen molar-refractivity contribution in [3.63, 3.8) is 0 Å². The van der Waals surface area contributed by atoms with Crippen molar-refractivity contribution >= 4 is 40.8 Å². The molecule has 158 valence electrons. The van der Waals surface area contributed by atoms with Crippen molar-refractivity contribution in [3.05, 3.63) is 53.6 Å². The maximum absolute atomic E-state index is 12.6. The minimum Gasteiger partial charge on any atom is -0.387 e. The lowest BCUT2D eigenvalue weighted by molar-refractivity contribution is 0.0964. The lowest BCUT2D eigenvalue weighted by Crippen LogP contribution is -2.24. The zero-order valence-corrected chi connectivity index (χ0v) is 17.1. The maximum atomic E-state index is 12.6. The van der Waals surface area contributed by atoms with Crippen LogP contribution in [0.3, 0.4) is 0 Å². The van der Waals surface area contributed by atoms with Gasteiger partial charge in [-0.05, 0) is 18.9 Å². The first-order valence-electron chi connectivity index (χ1n) is 9.29. The number of pyridine rings is 1. The predicted molar refractivity (Wildman–Crippen MR) is 112 cm³/mol. The first-order chi connectivity index (χ1) is 15.0. The number of nitrogens with one attached hydrogen (secondary N) is 3. The van der Waals surface area contributed by atoms with Crippen molar-refractivity contribution in [2.75, 3.05) is 17.7 Å². The van der Waals surface area contributed by atoms with E-state index in [0.717, 1.165) is 18.5 Å². The molecule has 0 atom stereocenters. The third-order valence-corrected chi connectivity index (χ3v) is 4.55. The Hall–Kier alpha value is -3.86. The average molecular weight is 441 g/mol. The van der Waals surface area contributed by atoms with Crippen LogP contribution < -0.4 is 20.7 Å². The van der Waals surface area contributed by atoms with Gasteiger partial charge in [0.05, 0.1) is 47.4 Å². The Kier molecular flexibility index (Phi) is 5.85. The molecule has 0 unspecified atom stereocenters. The molecule has 2 amide bonds. The molecule has 0 spiro atoms. The molecule has 0 saturated heterocycles. The summed E-state index contributed by atoms with van der Waals surface area (Å²) in [5.41, 5.74) is 1.55. The van der Waals surface area contributed by atoms with Crippen molar-refractivity contribution in [2.45, 2.75) is 18.8 Å². The van der Waals surface area contributed by atoms with Gasteiger partial charge in [0, 0.05) is 13.0 Å². The first kappa shape index (κ1) is 20.4. The van der Waals surface area contributed by atoms with E-state index in [4.69, 9.17) is 16.3 Å². The molecule has 31 heavy (non-hydrogen) atoms. The molecule has 1 aliphatic rings. The van der Waals surface area contributed by atoms with E-state index >= 15 is 0 Å². The number of amides is 2. The number of carbonyl (C=O) groups is 2. The van der Waals surface area contributed by atoms with Gasteiger partial charge >= 0.3 is 6.09 Å². The monoisotopic (exact) mass is 440 g/mol. The van der Waals surface area contributed by atoms with Crippen LogP contribution >= 0.6 is 11.6 Å². The highest BCUT2D eigenvalue weighted by atomic mass is 35.5. The molecule has 1 aliphatic carbocycles. The fourth-order valence-electron chi connectivity index (χ4n) is 2.69. The molecule has 0 aliphatic heterocycles. The third kappa shape index (κ3) is 5.01. The highest BCUT2D eigenvalue weighted by molar-refractivity contribution is 6.30. The average Bonchev–Trinajstić information content (AvgIpc) is 3.62. The summed E-state index contributed by atoms with van der Waals surface area (Å²) in [5, 5.41) is 8.05. The van der Waals surface area contributed by atoms with E-state index in [-0.39, 0.29) is 28.1 Å². The van der Waals surface area contributed by atoms with Crippen molar-refractivity contribution in [1.29, 1.82) is 0 Å². The molecule has 3 aromatic heterocycles. The van der Waals surface area contributed by atoms with Crippen LogP contribution in [0.25, 0.3) is 0 Å². The molecule has 0 radical (unpaired) electrons. The Morgan fingerprint density at radius 2 is 1.90 bits per heavy atom. The zero-order chi connectivity index (χ0) is 21.8. The lowest BCUT2D eigenvalue weighted by atomic mass is 10.2. The van der Waals surface area contributed by atoms with Crippen LogP contribution in [0.5, 0.6) is 5.88 Å². The van der Waals surface area contributed by atoms with Crippen LogP contribution in [0.4, 0.5) is 22.0 Å². The number of nitrogens with zero attached hydrogens (tertiary/aromatic N) is 5. The minimum atomic E-state index is -0.871. The summed E-state index contributed by atoms with van der Waals surface area (Å²) in [6.45, 7) is 0. The number of carbonyl (C=O) groups excluding carboxylic acids is 2. The Morgan fingerprint density at radius 3 is 2.61 bits per heavy atom. The van der Waals surface area contributed by atoms with Crippen molar-refractivity contribution in [3.8, 4) is 5.88 Å². The third-order valence-electron chi connectivity index (χ3n) is 4.35. The van der Waals surface area contributed by atoms with Crippen molar-refractivity contribution in [2.24, 2.45) is 0 Å².